The Morgan fingerprint density at radius 3 is 2.41 bits per heavy atom. The van der Waals surface area contributed by atoms with Gasteiger partial charge in [0.2, 0.25) is 11.8 Å². The van der Waals surface area contributed by atoms with Crippen molar-refractivity contribution in [1.29, 1.82) is 0 Å². The van der Waals surface area contributed by atoms with Crippen LogP contribution in [0.3, 0.4) is 0 Å². The fourth-order valence-corrected chi connectivity index (χ4v) is 5.82. The molecule has 2 amide bonds. The lowest BCUT2D eigenvalue weighted by Crippen LogP contribution is -2.38. The Bertz CT molecular complexity index is 1390. The monoisotopic (exact) mass is 585 g/mol. The minimum Gasteiger partial charge on any atom is -0.494 e. The van der Waals surface area contributed by atoms with Crippen LogP contribution in [0.1, 0.15) is 25.3 Å². The third-order valence-electron chi connectivity index (χ3n) is 5.98. The van der Waals surface area contributed by atoms with E-state index < -0.39 is 22.5 Å². The van der Waals surface area contributed by atoms with E-state index in [1.54, 1.807) is 53.4 Å². The summed E-state index contributed by atoms with van der Waals surface area (Å²) in [5.41, 5.74) is 2.47. The molecular formula is C27H28BrN3O5S. The van der Waals surface area contributed by atoms with E-state index >= 15 is 0 Å². The van der Waals surface area contributed by atoms with Crippen molar-refractivity contribution in [3.05, 3.63) is 76.8 Å². The highest BCUT2D eigenvalue weighted by Crippen LogP contribution is 2.29. The summed E-state index contributed by atoms with van der Waals surface area (Å²) in [5.74, 6) is 0.131. The molecule has 0 unspecified atom stereocenters. The molecule has 37 heavy (non-hydrogen) atoms. The first-order valence-electron chi connectivity index (χ1n) is 11.9. The molecule has 0 radical (unpaired) electrons. The largest absolute Gasteiger partial charge is 0.494 e. The van der Waals surface area contributed by atoms with Crippen LogP contribution in [0.15, 0.2) is 76.1 Å². The zero-order chi connectivity index (χ0) is 26.6. The average Bonchev–Trinajstić information content (AvgIpc) is 3.30. The van der Waals surface area contributed by atoms with Crippen LogP contribution in [-0.4, -0.2) is 39.9 Å². The summed E-state index contributed by atoms with van der Waals surface area (Å²) in [6.45, 7) is 4.43. The van der Waals surface area contributed by atoms with E-state index in [-0.39, 0.29) is 10.8 Å². The van der Waals surface area contributed by atoms with Gasteiger partial charge in [-0.25, -0.2) is 8.42 Å². The van der Waals surface area contributed by atoms with Crippen molar-refractivity contribution in [1.82, 2.24) is 0 Å². The molecule has 10 heteroatoms. The number of aryl methyl sites for hydroxylation is 1. The van der Waals surface area contributed by atoms with Gasteiger partial charge in [0.25, 0.3) is 10.0 Å². The van der Waals surface area contributed by atoms with Crippen LogP contribution in [0.2, 0.25) is 0 Å². The number of carbonyl (C=O) groups excluding carboxylic acids is 2. The molecule has 0 saturated carbocycles. The van der Waals surface area contributed by atoms with Crippen LogP contribution >= 0.6 is 15.9 Å². The lowest BCUT2D eigenvalue weighted by Gasteiger charge is -2.25. The van der Waals surface area contributed by atoms with E-state index in [0.717, 1.165) is 26.4 Å². The molecule has 0 bridgehead atoms. The van der Waals surface area contributed by atoms with Crippen LogP contribution < -0.4 is 19.3 Å². The van der Waals surface area contributed by atoms with Crippen molar-refractivity contribution >= 4 is 54.8 Å². The summed E-state index contributed by atoms with van der Waals surface area (Å²) >= 11 is 3.32. The first-order chi connectivity index (χ1) is 17.7. The third kappa shape index (κ3) is 6.14. The number of amides is 2. The molecule has 8 nitrogen and oxygen atoms in total. The standard InChI is InChI=1S/C27H28BrN3O5S/c1-3-36-23-12-10-22(11-13-23)31(37(34,35)24-14-7-20(28)8-15-24)18-26(32)29-21-9-6-19(2)25(17-21)30-16-4-5-27(30)33/h6-15,17H,3-5,16,18H2,1-2H3,(H,29,32). The van der Waals surface area contributed by atoms with Crippen molar-refractivity contribution in [2.45, 2.75) is 31.6 Å². The van der Waals surface area contributed by atoms with Gasteiger partial charge < -0.3 is 15.0 Å². The summed E-state index contributed by atoms with van der Waals surface area (Å²) in [4.78, 5) is 27.2. The van der Waals surface area contributed by atoms with Gasteiger partial charge in [-0.05, 0) is 86.5 Å². The smallest absolute Gasteiger partial charge is 0.264 e. The van der Waals surface area contributed by atoms with E-state index in [4.69, 9.17) is 4.74 Å². The van der Waals surface area contributed by atoms with Crippen molar-refractivity contribution in [2.24, 2.45) is 0 Å². The molecule has 0 aliphatic carbocycles. The molecule has 3 aromatic carbocycles. The summed E-state index contributed by atoms with van der Waals surface area (Å²) in [6, 6.07) is 18.1. The first kappa shape index (κ1) is 26.7. The first-order valence-corrected chi connectivity index (χ1v) is 14.1. The molecule has 0 aromatic heterocycles. The van der Waals surface area contributed by atoms with Gasteiger partial charge in [0.15, 0.2) is 0 Å². The second-order valence-electron chi connectivity index (χ2n) is 8.59. The summed E-state index contributed by atoms with van der Waals surface area (Å²) in [6.07, 6.45) is 1.29. The van der Waals surface area contributed by atoms with E-state index in [2.05, 4.69) is 21.2 Å². The molecule has 3 aromatic rings. The fraction of sp³-hybridized carbons (Fsp3) is 0.259. The van der Waals surface area contributed by atoms with Gasteiger partial charge in [-0.15, -0.1) is 0 Å². The van der Waals surface area contributed by atoms with Gasteiger partial charge in [-0.3, -0.25) is 13.9 Å². The van der Waals surface area contributed by atoms with Gasteiger partial charge in [0.05, 0.1) is 17.2 Å². The number of sulfonamides is 1. The highest BCUT2D eigenvalue weighted by molar-refractivity contribution is 9.10. The van der Waals surface area contributed by atoms with Crippen molar-refractivity contribution < 1.29 is 22.7 Å². The maximum atomic E-state index is 13.6. The number of rotatable bonds is 9. The normalized spacial score (nSPS) is 13.5. The number of nitrogens with one attached hydrogen (secondary N) is 1. The quantitative estimate of drug-likeness (QED) is 0.376. The number of anilines is 3. The Kier molecular flexibility index (Phi) is 8.19. The molecule has 4 rings (SSSR count). The highest BCUT2D eigenvalue weighted by atomic mass is 79.9. The SMILES string of the molecule is CCOc1ccc(N(CC(=O)Nc2ccc(C)c(N3CCCC3=O)c2)S(=O)(=O)c2ccc(Br)cc2)cc1. The van der Waals surface area contributed by atoms with E-state index in [1.807, 2.05) is 19.9 Å². The number of hydrogen-bond acceptors (Lipinski definition) is 5. The number of ether oxygens (including phenoxy) is 1. The van der Waals surface area contributed by atoms with Gasteiger partial charge in [0.1, 0.15) is 12.3 Å². The van der Waals surface area contributed by atoms with E-state index in [0.29, 0.717) is 36.7 Å². The van der Waals surface area contributed by atoms with Crippen LogP contribution in [0, 0.1) is 6.92 Å². The van der Waals surface area contributed by atoms with Gasteiger partial charge >= 0.3 is 0 Å². The maximum Gasteiger partial charge on any atom is 0.264 e. The molecule has 0 atom stereocenters. The van der Waals surface area contributed by atoms with Gasteiger partial charge in [0, 0.05) is 28.8 Å². The highest BCUT2D eigenvalue weighted by Gasteiger charge is 2.28. The van der Waals surface area contributed by atoms with E-state index in [1.165, 1.54) is 12.1 Å². The summed E-state index contributed by atoms with van der Waals surface area (Å²) in [7, 11) is -4.06. The molecule has 1 aliphatic heterocycles. The Morgan fingerprint density at radius 1 is 1.08 bits per heavy atom. The third-order valence-corrected chi connectivity index (χ3v) is 8.30. The van der Waals surface area contributed by atoms with Crippen LogP contribution in [0.25, 0.3) is 0 Å². The molecular weight excluding hydrogens is 558 g/mol. The molecule has 1 N–H and O–H groups in total. The minimum atomic E-state index is -4.06. The number of carbonyl (C=O) groups is 2. The van der Waals surface area contributed by atoms with Gasteiger partial charge in [-0.2, -0.15) is 0 Å². The maximum absolute atomic E-state index is 13.6. The lowest BCUT2D eigenvalue weighted by molar-refractivity contribution is -0.117. The number of halogens is 1. The zero-order valence-corrected chi connectivity index (χ0v) is 23.0. The number of benzene rings is 3. The minimum absolute atomic E-state index is 0.0499. The van der Waals surface area contributed by atoms with Crippen molar-refractivity contribution in [3.63, 3.8) is 0 Å². The lowest BCUT2D eigenvalue weighted by atomic mass is 10.1. The predicted molar refractivity (Wildman–Crippen MR) is 148 cm³/mol. The zero-order valence-electron chi connectivity index (χ0n) is 20.6. The predicted octanol–water partition coefficient (Wildman–Crippen LogP) is 5.12. The molecule has 1 heterocycles. The molecule has 1 aliphatic rings. The van der Waals surface area contributed by atoms with Crippen molar-refractivity contribution in [3.8, 4) is 5.75 Å². The fourth-order valence-electron chi connectivity index (χ4n) is 4.14. The van der Waals surface area contributed by atoms with Crippen LogP contribution in [-0.2, 0) is 19.6 Å². The van der Waals surface area contributed by atoms with Crippen molar-refractivity contribution in [2.75, 3.05) is 34.2 Å². The summed E-state index contributed by atoms with van der Waals surface area (Å²) < 4.78 is 34.5. The van der Waals surface area contributed by atoms with Crippen LogP contribution in [0.4, 0.5) is 17.1 Å². The average molecular weight is 587 g/mol. The number of hydrogen-bond donors (Lipinski definition) is 1. The Labute approximate surface area is 225 Å². The molecule has 0 spiro atoms. The second kappa shape index (κ2) is 11.4. The Balaban J connectivity index is 1.61. The van der Waals surface area contributed by atoms with E-state index in [9.17, 15) is 18.0 Å². The Hall–Kier alpha value is -3.37. The molecule has 194 valence electrons. The van der Waals surface area contributed by atoms with Gasteiger partial charge in [-0.1, -0.05) is 22.0 Å². The molecule has 1 saturated heterocycles. The Morgan fingerprint density at radius 2 is 1.78 bits per heavy atom. The topological polar surface area (TPSA) is 96.0 Å². The number of nitrogens with zero attached hydrogens (tertiary/aromatic N) is 2. The van der Waals surface area contributed by atoms with Crippen LogP contribution in [0.5, 0.6) is 5.75 Å². The molecule has 1 fully saturated rings. The summed E-state index contributed by atoms with van der Waals surface area (Å²) in [5, 5.41) is 2.80. The second-order valence-corrected chi connectivity index (χ2v) is 11.4.